The Bertz CT molecular complexity index is 649. The van der Waals surface area contributed by atoms with Gasteiger partial charge in [0.1, 0.15) is 0 Å². The fourth-order valence-corrected chi connectivity index (χ4v) is 3.68. The number of benzene rings is 2. The molecule has 2 heteroatoms. The molecule has 0 spiro atoms. The number of aliphatic hydroxyl groups is 1. The van der Waals surface area contributed by atoms with Gasteiger partial charge in [-0.25, -0.2) is 0 Å². The van der Waals surface area contributed by atoms with Gasteiger partial charge in [-0.05, 0) is 66.6 Å². The summed E-state index contributed by atoms with van der Waals surface area (Å²) in [6.45, 7) is 3.68. The van der Waals surface area contributed by atoms with Crippen LogP contribution in [0.3, 0.4) is 0 Å². The maximum Gasteiger partial charge on any atom is 0.0664 e. The number of rotatable bonds is 5. The number of hydrogen-bond acceptors (Lipinski definition) is 2. The van der Waals surface area contributed by atoms with Gasteiger partial charge in [0.15, 0.2) is 0 Å². The minimum absolute atomic E-state index is 0.228. The van der Waals surface area contributed by atoms with Gasteiger partial charge in [-0.3, -0.25) is 4.90 Å². The minimum Gasteiger partial charge on any atom is -0.392 e. The highest BCUT2D eigenvalue weighted by atomic mass is 16.3. The van der Waals surface area contributed by atoms with Crippen LogP contribution < -0.4 is 0 Å². The smallest absolute Gasteiger partial charge is 0.0664 e. The molecule has 0 saturated heterocycles. The van der Waals surface area contributed by atoms with E-state index in [0.29, 0.717) is 0 Å². The van der Waals surface area contributed by atoms with Crippen LogP contribution in [0.2, 0.25) is 0 Å². The zero-order valence-corrected chi connectivity index (χ0v) is 13.8. The molecular formula is C20H27NO. The first-order valence-electron chi connectivity index (χ1n) is 8.58. The van der Waals surface area contributed by atoms with Gasteiger partial charge in [-0.2, -0.15) is 0 Å². The van der Waals surface area contributed by atoms with E-state index in [1.165, 1.54) is 42.0 Å². The molecule has 1 aliphatic rings. The number of nitrogens with zero attached hydrogens (tertiary/aromatic N) is 1. The minimum atomic E-state index is -0.228. The average molecular weight is 297 g/mol. The SMILES string of the molecule is CCC(O)CN(C)Cc1cc2c(c3ccccc13)CCCC2. The molecule has 118 valence electrons. The van der Waals surface area contributed by atoms with Crippen molar-refractivity contribution in [3.63, 3.8) is 0 Å². The first kappa shape index (κ1) is 15.5. The Labute approximate surface area is 133 Å². The lowest BCUT2D eigenvalue weighted by molar-refractivity contribution is 0.119. The first-order chi connectivity index (χ1) is 10.7. The maximum atomic E-state index is 9.87. The predicted octanol–water partition coefficient (Wildman–Crippen LogP) is 3.92. The second-order valence-corrected chi connectivity index (χ2v) is 6.68. The molecule has 0 aliphatic heterocycles. The second-order valence-electron chi connectivity index (χ2n) is 6.68. The van der Waals surface area contributed by atoms with E-state index < -0.39 is 0 Å². The summed E-state index contributed by atoms with van der Waals surface area (Å²) in [6, 6.07) is 11.3. The zero-order valence-electron chi connectivity index (χ0n) is 13.8. The van der Waals surface area contributed by atoms with Crippen LogP contribution >= 0.6 is 0 Å². The van der Waals surface area contributed by atoms with E-state index in [1.807, 2.05) is 6.92 Å². The second kappa shape index (κ2) is 6.80. The highest BCUT2D eigenvalue weighted by Crippen LogP contribution is 2.32. The van der Waals surface area contributed by atoms with Gasteiger partial charge in [-0.15, -0.1) is 0 Å². The highest BCUT2D eigenvalue weighted by molar-refractivity contribution is 5.90. The predicted molar refractivity (Wildman–Crippen MR) is 93.2 cm³/mol. The Balaban J connectivity index is 1.95. The molecular weight excluding hydrogens is 270 g/mol. The highest BCUT2D eigenvalue weighted by Gasteiger charge is 2.16. The molecule has 0 saturated carbocycles. The van der Waals surface area contributed by atoms with Crippen LogP contribution in [-0.2, 0) is 19.4 Å². The number of aliphatic hydroxyl groups excluding tert-OH is 1. The Morgan fingerprint density at radius 1 is 1.14 bits per heavy atom. The summed E-state index contributed by atoms with van der Waals surface area (Å²) >= 11 is 0. The van der Waals surface area contributed by atoms with Crippen molar-refractivity contribution in [3.8, 4) is 0 Å². The summed E-state index contributed by atoms with van der Waals surface area (Å²) in [6.07, 6.45) is 5.66. The topological polar surface area (TPSA) is 23.5 Å². The standard InChI is InChI=1S/C20H27NO/c1-3-17(22)14-21(2)13-16-12-15-8-4-5-9-18(15)20-11-7-6-10-19(16)20/h6-7,10-12,17,22H,3-5,8-9,13-14H2,1-2H3. The summed E-state index contributed by atoms with van der Waals surface area (Å²) in [5.74, 6) is 0. The largest absolute Gasteiger partial charge is 0.392 e. The van der Waals surface area contributed by atoms with Gasteiger partial charge in [-0.1, -0.05) is 37.3 Å². The number of aryl methyl sites for hydroxylation is 2. The van der Waals surface area contributed by atoms with Crippen LogP contribution in [0.15, 0.2) is 30.3 Å². The van der Waals surface area contributed by atoms with E-state index in [9.17, 15) is 5.11 Å². The molecule has 0 radical (unpaired) electrons. The molecule has 2 aromatic rings. The van der Waals surface area contributed by atoms with Gasteiger partial charge in [0, 0.05) is 13.1 Å². The molecule has 2 nitrogen and oxygen atoms in total. The van der Waals surface area contributed by atoms with Crippen LogP contribution in [0.1, 0.15) is 42.9 Å². The Hall–Kier alpha value is -1.38. The van der Waals surface area contributed by atoms with Crippen molar-refractivity contribution >= 4 is 10.8 Å². The molecule has 0 amide bonds. The maximum absolute atomic E-state index is 9.87. The fraction of sp³-hybridized carbons (Fsp3) is 0.500. The normalized spacial score (nSPS) is 16.0. The molecule has 0 aromatic heterocycles. The molecule has 22 heavy (non-hydrogen) atoms. The van der Waals surface area contributed by atoms with Gasteiger partial charge in [0.25, 0.3) is 0 Å². The van der Waals surface area contributed by atoms with Gasteiger partial charge in [0.2, 0.25) is 0 Å². The van der Waals surface area contributed by atoms with Crippen molar-refractivity contribution in [2.24, 2.45) is 0 Å². The number of likely N-dealkylation sites (N-methyl/N-ethyl adjacent to an activating group) is 1. The third kappa shape index (κ3) is 3.18. The molecule has 1 N–H and O–H groups in total. The third-order valence-electron chi connectivity index (χ3n) is 4.89. The quantitative estimate of drug-likeness (QED) is 0.904. The lowest BCUT2D eigenvalue weighted by Crippen LogP contribution is -2.28. The third-order valence-corrected chi connectivity index (χ3v) is 4.89. The van der Waals surface area contributed by atoms with Gasteiger partial charge in [0.05, 0.1) is 6.10 Å². The number of hydrogen-bond donors (Lipinski definition) is 1. The molecule has 3 rings (SSSR count). The molecule has 2 aromatic carbocycles. The van der Waals surface area contributed by atoms with Crippen LogP contribution in [0.4, 0.5) is 0 Å². The van der Waals surface area contributed by atoms with E-state index in [1.54, 1.807) is 11.1 Å². The Morgan fingerprint density at radius 3 is 2.64 bits per heavy atom. The summed E-state index contributed by atoms with van der Waals surface area (Å²) in [4.78, 5) is 2.24. The van der Waals surface area contributed by atoms with Crippen molar-refractivity contribution in [2.45, 2.75) is 51.7 Å². The van der Waals surface area contributed by atoms with E-state index in [2.05, 4.69) is 42.3 Å². The molecule has 1 unspecified atom stereocenters. The van der Waals surface area contributed by atoms with E-state index in [4.69, 9.17) is 0 Å². The zero-order chi connectivity index (χ0) is 15.5. The molecule has 0 heterocycles. The van der Waals surface area contributed by atoms with Gasteiger partial charge >= 0.3 is 0 Å². The fourth-order valence-electron chi connectivity index (χ4n) is 3.68. The molecule has 0 bridgehead atoms. The van der Waals surface area contributed by atoms with Crippen molar-refractivity contribution in [2.75, 3.05) is 13.6 Å². The van der Waals surface area contributed by atoms with Crippen molar-refractivity contribution in [1.29, 1.82) is 0 Å². The Morgan fingerprint density at radius 2 is 1.86 bits per heavy atom. The van der Waals surface area contributed by atoms with Crippen molar-refractivity contribution in [1.82, 2.24) is 4.90 Å². The van der Waals surface area contributed by atoms with Crippen LogP contribution in [0.25, 0.3) is 10.8 Å². The van der Waals surface area contributed by atoms with Crippen LogP contribution in [-0.4, -0.2) is 29.7 Å². The Kier molecular flexibility index (Phi) is 4.80. The molecule has 0 fully saturated rings. The summed E-state index contributed by atoms with van der Waals surface area (Å²) in [7, 11) is 2.10. The van der Waals surface area contributed by atoms with E-state index in [0.717, 1.165) is 19.5 Å². The lowest BCUT2D eigenvalue weighted by atomic mass is 9.85. The summed E-state index contributed by atoms with van der Waals surface area (Å²) in [5, 5.41) is 12.7. The summed E-state index contributed by atoms with van der Waals surface area (Å²) in [5.41, 5.74) is 4.52. The van der Waals surface area contributed by atoms with E-state index in [-0.39, 0.29) is 6.10 Å². The lowest BCUT2D eigenvalue weighted by Gasteiger charge is -2.24. The average Bonchev–Trinajstić information content (AvgIpc) is 2.55. The molecule has 1 atom stereocenters. The van der Waals surface area contributed by atoms with Crippen LogP contribution in [0.5, 0.6) is 0 Å². The van der Waals surface area contributed by atoms with Crippen molar-refractivity contribution < 1.29 is 5.11 Å². The van der Waals surface area contributed by atoms with E-state index >= 15 is 0 Å². The first-order valence-corrected chi connectivity index (χ1v) is 8.58. The summed E-state index contributed by atoms with van der Waals surface area (Å²) < 4.78 is 0. The molecule has 1 aliphatic carbocycles. The van der Waals surface area contributed by atoms with Gasteiger partial charge < -0.3 is 5.11 Å². The van der Waals surface area contributed by atoms with Crippen LogP contribution in [0, 0.1) is 0 Å². The monoisotopic (exact) mass is 297 g/mol. The van der Waals surface area contributed by atoms with Crippen molar-refractivity contribution in [3.05, 3.63) is 47.0 Å². The number of fused-ring (bicyclic) bond motifs is 3.